The molecule has 0 saturated carbocycles. The van der Waals surface area contributed by atoms with Crippen LogP contribution in [-0.2, 0) is 5.66 Å². The van der Waals surface area contributed by atoms with Gasteiger partial charge in [-0.05, 0) is 0 Å². The van der Waals surface area contributed by atoms with Gasteiger partial charge in [0.1, 0.15) is 11.4 Å². The predicted molar refractivity (Wildman–Crippen MR) is 72.7 cm³/mol. The number of halogens is 1. The Morgan fingerprint density at radius 3 is 2.56 bits per heavy atom. The highest BCUT2D eigenvalue weighted by Crippen LogP contribution is 2.34. The molecule has 0 bridgehead atoms. The van der Waals surface area contributed by atoms with Gasteiger partial charge in [0.05, 0.1) is 6.42 Å². The lowest BCUT2D eigenvalue weighted by Gasteiger charge is -2.30. The number of nitrogens with one attached hydrogen (secondary N) is 1. The molecule has 0 fully saturated rings. The fourth-order valence-electron chi connectivity index (χ4n) is 1.64. The lowest BCUT2D eigenvalue weighted by Crippen LogP contribution is -2.44. The molecule has 9 heteroatoms. The summed E-state index contributed by atoms with van der Waals surface area (Å²) >= 11 is 0. The Morgan fingerprint density at radius 1 is 1.28 bits per heavy atom. The standard InChI is InChI=1S/C9H12N8.ClH/c1-2-3-9(13)5-4(14-8(12)17-9)6(10)16-7(11)15-5;/h1H,3,13H2,(H3,12,14,17)(H4,10,11,15,16);1H. The summed E-state index contributed by atoms with van der Waals surface area (Å²) in [5, 5.41) is 2.74. The summed E-state index contributed by atoms with van der Waals surface area (Å²) in [7, 11) is 0. The molecule has 1 atom stereocenters. The third-order valence-electron chi connectivity index (χ3n) is 2.31. The van der Waals surface area contributed by atoms with E-state index in [2.05, 4.69) is 26.2 Å². The summed E-state index contributed by atoms with van der Waals surface area (Å²) in [6, 6.07) is 0. The minimum atomic E-state index is -1.23. The van der Waals surface area contributed by atoms with Crippen molar-refractivity contribution in [3.63, 3.8) is 0 Å². The molecule has 2 heterocycles. The number of terminal acetylenes is 1. The normalized spacial score (nSPS) is 20.8. The number of nitrogens with two attached hydrogens (primary N) is 4. The summed E-state index contributed by atoms with van der Waals surface area (Å²) < 4.78 is 0. The summed E-state index contributed by atoms with van der Waals surface area (Å²) in [4.78, 5) is 11.9. The minimum Gasteiger partial charge on any atom is -0.382 e. The van der Waals surface area contributed by atoms with Crippen molar-refractivity contribution in [3.05, 3.63) is 5.69 Å². The van der Waals surface area contributed by atoms with Crippen LogP contribution in [-0.4, -0.2) is 15.9 Å². The van der Waals surface area contributed by atoms with Crippen molar-refractivity contribution in [1.29, 1.82) is 0 Å². The highest BCUT2D eigenvalue weighted by molar-refractivity contribution is 5.97. The van der Waals surface area contributed by atoms with E-state index in [0.29, 0.717) is 11.4 Å². The number of aromatic nitrogens is 2. The maximum atomic E-state index is 6.06. The number of nitrogens with zero attached hydrogens (tertiary/aromatic N) is 3. The molecule has 9 N–H and O–H groups in total. The van der Waals surface area contributed by atoms with Crippen LogP contribution in [0.4, 0.5) is 17.5 Å². The van der Waals surface area contributed by atoms with Crippen LogP contribution in [0.25, 0.3) is 0 Å². The van der Waals surface area contributed by atoms with Gasteiger partial charge in [-0.25, -0.2) is 9.98 Å². The fraction of sp³-hybridized carbons (Fsp3) is 0.222. The van der Waals surface area contributed by atoms with Gasteiger partial charge >= 0.3 is 0 Å². The minimum absolute atomic E-state index is 0. The average Bonchev–Trinajstić information content (AvgIpc) is 2.20. The Balaban J connectivity index is 0.00000162. The Labute approximate surface area is 110 Å². The van der Waals surface area contributed by atoms with Crippen molar-refractivity contribution in [2.75, 3.05) is 16.8 Å². The number of hydrogen-bond acceptors (Lipinski definition) is 8. The third kappa shape index (κ3) is 2.09. The van der Waals surface area contributed by atoms with E-state index in [9.17, 15) is 0 Å². The topological polar surface area (TPSA) is 154 Å². The van der Waals surface area contributed by atoms with Crippen LogP contribution in [0.2, 0.25) is 0 Å². The van der Waals surface area contributed by atoms with Crippen molar-refractivity contribution in [1.82, 2.24) is 9.97 Å². The molecular weight excluding hydrogens is 256 g/mol. The predicted octanol–water partition coefficient (Wildman–Crippen LogP) is -1.06. The number of rotatable bonds is 1. The molecule has 1 aliphatic rings. The molecule has 0 radical (unpaired) electrons. The first kappa shape index (κ1) is 13.8. The van der Waals surface area contributed by atoms with Gasteiger partial charge in [-0.1, -0.05) is 0 Å². The molecule has 0 spiro atoms. The molecule has 0 aromatic carbocycles. The van der Waals surface area contributed by atoms with E-state index in [-0.39, 0.29) is 36.6 Å². The molecule has 0 aliphatic carbocycles. The third-order valence-corrected chi connectivity index (χ3v) is 2.31. The zero-order valence-electron chi connectivity index (χ0n) is 9.34. The molecule has 0 saturated heterocycles. The number of anilines is 3. The number of hydrogen-bond donors (Lipinski definition) is 5. The zero-order chi connectivity index (χ0) is 12.6. The summed E-state index contributed by atoms with van der Waals surface area (Å²) in [6.45, 7) is 0. The highest BCUT2D eigenvalue weighted by Gasteiger charge is 2.36. The first-order chi connectivity index (χ1) is 7.96. The Morgan fingerprint density at radius 2 is 1.94 bits per heavy atom. The highest BCUT2D eigenvalue weighted by atomic mass is 35.5. The second kappa shape index (κ2) is 4.56. The van der Waals surface area contributed by atoms with Gasteiger partial charge in [-0.3, -0.25) is 0 Å². The van der Waals surface area contributed by atoms with Crippen LogP contribution in [0.3, 0.4) is 0 Å². The molecule has 8 nitrogen and oxygen atoms in total. The summed E-state index contributed by atoms with van der Waals surface area (Å²) in [5.41, 5.74) is 22.4. The molecule has 1 aromatic rings. The molecule has 18 heavy (non-hydrogen) atoms. The molecule has 96 valence electrons. The van der Waals surface area contributed by atoms with E-state index < -0.39 is 5.66 Å². The SMILES string of the molecule is C#CCC1(N)N=C(N)Nc2c(N)nc(N)nc21.Cl. The van der Waals surface area contributed by atoms with Crippen molar-refractivity contribution in [2.45, 2.75) is 12.1 Å². The number of nitrogen functional groups attached to an aromatic ring is 2. The van der Waals surface area contributed by atoms with E-state index in [1.165, 1.54) is 0 Å². The molecule has 1 aromatic heterocycles. The molecule has 2 rings (SSSR count). The van der Waals surface area contributed by atoms with Crippen LogP contribution < -0.4 is 28.3 Å². The Hall–Kier alpha value is -2.24. The first-order valence-corrected chi connectivity index (χ1v) is 4.74. The lowest BCUT2D eigenvalue weighted by atomic mass is 10.0. The number of guanidine groups is 1. The van der Waals surface area contributed by atoms with Crippen molar-refractivity contribution in [2.24, 2.45) is 16.5 Å². The van der Waals surface area contributed by atoms with E-state index in [1.807, 2.05) is 0 Å². The fourth-order valence-corrected chi connectivity index (χ4v) is 1.64. The monoisotopic (exact) mass is 268 g/mol. The number of aliphatic imine (C=N–C) groups is 1. The maximum absolute atomic E-state index is 6.06. The van der Waals surface area contributed by atoms with E-state index in [1.54, 1.807) is 0 Å². The Kier molecular flexibility index (Phi) is 3.50. The van der Waals surface area contributed by atoms with E-state index in [4.69, 9.17) is 29.4 Å². The average molecular weight is 269 g/mol. The van der Waals surface area contributed by atoms with Crippen LogP contribution >= 0.6 is 12.4 Å². The van der Waals surface area contributed by atoms with Crippen LogP contribution in [0.15, 0.2) is 4.99 Å². The van der Waals surface area contributed by atoms with Gasteiger partial charge in [0.25, 0.3) is 0 Å². The second-order valence-corrected chi connectivity index (χ2v) is 3.62. The van der Waals surface area contributed by atoms with E-state index in [0.717, 1.165) is 0 Å². The van der Waals surface area contributed by atoms with Crippen LogP contribution in [0, 0.1) is 12.3 Å². The quantitative estimate of drug-likeness (QED) is 0.407. The van der Waals surface area contributed by atoms with Gasteiger partial charge in [0.2, 0.25) is 5.95 Å². The van der Waals surface area contributed by atoms with Gasteiger partial charge < -0.3 is 28.3 Å². The van der Waals surface area contributed by atoms with Crippen LogP contribution in [0.5, 0.6) is 0 Å². The smallest absolute Gasteiger partial charge is 0.222 e. The first-order valence-electron chi connectivity index (χ1n) is 4.74. The lowest BCUT2D eigenvalue weighted by molar-refractivity contribution is 0.464. The molecular formula is C9H13ClN8. The molecule has 1 unspecified atom stereocenters. The van der Waals surface area contributed by atoms with Gasteiger partial charge in [-0.15, -0.1) is 24.8 Å². The van der Waals surface area contributed by atoms with Gasteiger partial charge in [0, 0.05) is 0 Å². The second-order valence-electron chi connectivity index (χ2n) is 3.62. The Bertz CT molecular complexity index is 548. The number of fused-ring (bicyclic) bond motifs is 1. The van der Waals surface area contributed by atoms with Crippen molar-refractivity contribution < 1.29 is 0 Å². The van der Waals surface area contributed by atoms with Crippen molar-refractivity contribution >= 4 is 35.8 Å². The van der Waals surface area contributed by atoms with Crippen LogP contribution in [0.1, 0.15) is 12.1 Å². The van der Waals surface area contributed by atoms with Gasteiger partial charge in [-0.2, -0.15) is 4.98 Å². The van der Waals surface area contributed by atoms with Gasteiger partial charge in [0.15, 0.2) is 17.4 Å². The maximum Gasteiger partial charge on any atom is 0.222 e. The van der Waals surface area contributed by atoms with Crippen molar-refractivity contribution in [3.8, 4) is 12.3 Å². The zero-order valence-corrected chi connectivity index (χ0v) is 10.2. The van der Waals surface area contributed by atoms with E-state index >= 15 is 0 Å². The largest absolute Gasteiger partial charge is 0.382 e. The summed E-state index contributed by atoms with van der Waals surface area (Å²) in [5.74, 6) is 2.68. The molecule has 0 amide bonds. The molecule has 1 aliphatic heterocycles. The summed E-state index contributed by atoms with van der Waals surface area (Å²) in [6.07, 6.45) is 5.38.